The molecule has 6 nitrogen and oxygen atoms in total. The lowest BCUT2D eigenvalue weighted by Crippen LogP contribution is -2.30. The Morgan fingerprint density at radius 1 is 1.59 bits per heavy atom. The molecule has 0 saturated carbocycles. The third-order valence-corrected chi connectivity index (χ3v) is 2.30. The van der Waals surface area contributed by atoms with Crippen LogP contribution in [0.15, 0.2) is 12.3 Å². The molecule has 1 heterocycles. The number of nitrogens with zero attached hydrogens (tertiary/aromatic N) is 2. The number of hydrogen-bond acceptors (Lipinski definition) is 3. The topological polar surface area (TPSA) is 84.2 Å². The quantitative estimate of drug-likeness (QED) is 0.774. The van der Waals surface area contributed by atoms with Crippen LogP contribution < -0.4 is 5.32 Å². The number of carbonyl (C=O) groups is 2. The first-order chi connectivity index (χ1) is 8.04. The molecule has 0 spiro atoms. The van der Waals surface area contributed by atoms with E-state index in [-0.39, 0.29) is 12.3 Å². The minimum absolute atomic E-state index is 0.144. The van der Waals surface area contributed by atoms with Crippen LogP contribution in [0.2, 0.25) is 0 Å². The minimum atomic E-state index is -0.951. The number of hydrogen-bond donors (Lipinski definition) is 2. The Labute approximate surface area is 99.6 Å². The number of amides is 1. The summed E-state index contributed by atoms with van der Waals surface area (Å²) in [6.07, 6.45) is 2.37. The van der Waals surface area contributed by atoms with Crippen LogP contribution in [0.25, 0.3) is 0 Å². The second-order valence-electron chi connectivity index (χ2n) is 3.83. The Balaban J connectivity index is 2.90. The van der Waals surface area contributed by atoms with Gasteiger partial charge in [-0.25, -0.2) is 0 Å². The highest BCUT2D eigenvalue weighted by atomic mass is 16.4. The third-order valence-electron chi connectivity index (χ3n) is 2.30. The van der Waals surface area contributed by atoms with Gasteiger partial charge in [-0.05, 0) is 12.5 Å². The standard InChI is InChI=1S/C11H17N3O3/c1-3-6-14-10(4-5-12-14)9(7-11(16)17)13-8(2)15/h4-5,9H,3,6-7H2,1-2H3,(H,13,15)(H,16,17)/t9-/m1/s1. The lowest BCUT2D eigenvalue weighted by molar-refractivity contribution is -0.137. The van der Waals surface area contributed by atoms with Crippen molar-refractivity contribution in [2.24, 2.45) is 0 Å². The summed E-state index contributed by atoms with van der Waals surface area (Å²) < 4.78 is 1.73. The number of aliphatic carboxylic acids is 1. The second kappa shape index (κ2) is 6.03. The van der Waals surface area contributed by atoms with Crippen LogP contribution in [-0.4, -0.2) is 26.8 Å². The van der Waals surface area contributed by atoms with E-state index in [2.05, 4.69) is 10.4 Å². The molecule has 17 heavy (non-hydrogen) atoms. The van der Waals surface area contributed by atoms with Crippen molar-refractivity contribution >= 4 is 11.9 Å². The smallest absolute Gasteiger partial charge is 0.305 e. The zero-order chi connectivity index (χ0) is 12.8. The number of carboxylic acids is 1. The number of carboxylic acid groups (broad SMARTS) is 1. The summed E-state index contributed by atoms with van der Waals surface area (Å²) in [4.78, 5) is 21.8. The molecule has 1 aromatic heterocycles. The van der Waals surface area contributed by atoms with E-state index in [1.54, 1.807) is 16.9 Å². The number of carbonyl (C=O) groups excluding carboxylic acids is 1. The number of aryl methyl sites for hydroxylation is 1. The number of aromatic nitrogens is 2. The van der Waals surface area contributed by atoms with Crippen LogP contribution in [0.3, 0.4) is 0 Å². The SMILES string of the molecule is CCCn1nccc1[C@@H](CC(=O)O)NC(C)=O. The van der Waals surface area contributed by atoms with Gasteiger partial charge in [0, 0.05) is 19.7 Å². The molecule has 94 valence electrons. The van der Waals surface area contributed by atoms with Crippen LogP contribution in [0.5, 0.6) is 0 Å². The highest BCUT2D eigenvalue weighted by molar-refractivity contribution is 5.75. The van der Waals surface area contributed by atoms with Crippen molar-refractivity contribution in [1.82, 2.24) is 15.1 Å². The van der Waals surface area contributed by atoms with E-state index in [0.29, 0.717) is 6.54 Å². The van der Waals surface area contributed by atoms with Gasteiger partial charge in [-0.2, -0.15) is 5.10 Å². The predicted octanol–water partition coefficient (Wildman–Crippen LogP) is 0.945. The fraction of sp³-hybridized carbons (Fsp3) is 0.545. The highest BCUT2D eigenvalue weighted by Gasteiger charge is 2.20. The maximum absolute atomic E-state index is 11.1. The molecule has 0 saturated heterocycles. The maximum Gasteiger partial charge on any atom is 0.305 e. The molecule has 0 fully saturated rings. The Morgan fingerprint density at radius 2 is 2.29 bits per heavy atom. The summed E-state index contributed by atoms with van der Waals surface area (Å²) in [7, 11) is 0. The van der Waals surface area contributed by atoms with Crippen LogP contribution in [-0.2, 0) is 16.1 Å². The van der Waals surface area contributed by atoms with E-state index in [0.717, 1.165) is 12.1 Å². The average Bonchev–Trinajstić information content (AvgIpc) is 2.64. The monoisotopic (exact) mass is 239 g/mol. The molecule has 0 unspecified atom stereocenters. The van der Waals surface area contributed by atoms with E-state index in [9.17, 15) is 9.59 Å². The molecule has 1 aromatic rings. The summed E-state index contributed by atoms with van der Waals surface area (Å²) >= 11 is 0. The van der Waals surface area contributed by atoms with Crippen molar-refractivity contribution < 1.29 is 14.7 Å². The normalized spacial score (nSPS) is 12.1. The van der Waals surface area contributed by atoms with Gasteiger partial charge in [0.25, 0.3) is 0 Å². The summed E-state index contributed by atoms with van der Waals surface area (Å²) in [5, 5.41) is 15.6. The molecule has 0 aliphatic rings. The van der Waals surface area contributed by atoms with Crippen LogP contribution in [0.1, 0.15) is 38.4 Å². The van der Waals surface area contributed by atoms with Crippen LogP contribution >= 0.6 is 0 Å². The molecule has 0 aliphatic carbocycles. The van der Waals surface area contributed by atoms with Gasteiger partial charge in [0.05, 0.1) is 18.2 Å². The number of rotatable bonds is 6. The molecular weight excluding hydrogens is 222 g/mol. The second-order valence-corrected chi connectivity index (χ2v) is 3.83. The molecule has 1 atom stereocenters. The summed E-state index contributed by atoms with van der Waals surface area (Å²) in [5.74, 6) is -1.20. The van der Waals surface area contributed by atoms with Crippen molar-refractivity contribution in [1.29, 1.82) is 0 Å². The lowest BCUT2D eigenvalue weighted by Gasteiger charge is -2.17. The Kier molecular flexibility index (Phi) is 4.68. The number of nitrogens with one attached hydrogen (secondary N) is 1. The summed E-state index contributed by atoms with van der Waals surface area (Å²) in [5.41, 5.74) is 0.726. The lowest BCUT2D eigenvalue weighted by atomic mass is 10.1. The van der Waals surface area contributed by atoms with E-state index in [1.807, 2.05) is 6.92 Å². The third kappa shape index (κ3) is 3.90. The van der Waals surface area contributed by atoms with Gasteiger partial charge < -0.3 is 10.4 Å². The van der Waals surface area contributed by atoms with Gasteiger partial charge in [0.2, 0.25) is 5.91 Å². The largest absolute Gasteiger partial charge is 0.481 e. The van der Waals surface area contributed by atoms with Crippen molar-refractivity contribution in [3.8, 4) is 0 Å². The first-order valence-electron chi connectivity index (χ1n) is 5.55. The van der Waals surface area contributed by atoms with Crippen molar-refractivity contribution in [3.05, 3.63) is 18.0 Å². The van der Waals surface area contributed by atoms with Crippen LogP contribution in [0, 0.1) is 0 Å². The molecule has 0 bridgehead atoms. The Morgan fingerprint density at radius 3 is 2.82 bits per heavy atom. The Hall–Kier alpha value is -1.85. The van der Waals surface area contributed by atoms with E-state index in [1.165, 1.54) is 6.92 Å². The molecule has 0 aliphatic heterocycles. The van der Waals surface area contributed by atoms with Crippen LogP contribution in [0.4, 0.5) is 0 Å². The van der Waals surface area contributed by atoms with Crippen molar-refractivity contribution in [2.75, 3.05) is 0 Å². The maximum atomic E-state index is 11.1. The van der Waals surface area contributed by atoms with Gasteiger partial charge in [-0.3, -0.25) is 14.3 Å². The molecule has 0 aromatic carbocycles. The van der Waals surface area contributed by atoms with Gasteiger partial charge >= 0.3 is 5.97 Å². The highest BCUT2D eigenvalue weighted by Crippen LogP contribution is 2.16. The fourth-order valence-electron chi connectivity index (χ4n) is 1.69. The van der Waals surface area contributed by atoms with E-state index in [4.69, 9.17) is 5.11 Å². The predicted molar refractivity (Wildman–Crippen MR) is 61.3 cm³/mol. The molecule has 6 heteroatoms. The van der Waals surface area contributed by atoms with Gasteiger partial charge in [0.1, 0.15) is 0 Å². The average molecular weight is 239 g/mol. The van der Waals surface area contributed by atoms with Crippen molar-refractivity contribution in [3.63, 3.8) is 0 Å². The molecular formula is C11H17N3O3. The first kappa shape index (κ1) is 13.2. The van der Waals surface area contributed by atoms with E-state index < -0.39 is 12.0 Å². The fourth-order valence-corrected chi connectivity index (χ4v) is 1.69. The van der Waals surface area contributed by atoms with Gasteiger partial charge in [-0.15, -0.1) is 0 Å². The zero-order valence-corrected chi connectivity index (χ0v) is 10.0. The molecule has 2 N–H and O–H groups in total. The van der Waals surface area contributed by atoms with Crippen molar-refractivity contribution in [2.45, 2.75) is 39.3 Å². The molecule has 0 radical (unpaired) electrons. The van der Waals surface area contributed by atoms with E-state index >= 15 is 0 Å². The first-order valence-corrected chi connectivity index (χ1v) is 5.55. The zero-order valence-electron chi connectivity index (χ0n) is 10.0. The van der Waals surface area contributed by atoms with Gasteiger partial charge in [-0.1, -0.05) is 6.92 Å². The minimum Gasteiger partial charge on any atom is -0.481 e. The van der Waals surface area contributed by atoms with Gasteiger partial charge in [0.15, 0.2) is 0 Å². The Bertz CT molecular complexity index is 384. The summed E-state index contributed by atoms with van der Waals surface area (Å²) in [6, 6.07) is 1.21. The molecule has 1 rings (SSSR count). The molecule has 1 amide bonds. The summed E-state index contributed by atoms with van der Waals surface area (Å²) in [6.45, 7) is 4.09.